The van der Waals surface area contributed by atoms with Crippen molar-refractivity contribution in [2.45, 2.75) is 84.3 Å². The van der Waals surface area contributed by atoms with Gasteiger partial charge in [-0.15, -0.1) is 0 Å². The van der Waals surface area contributed by atoms with E-state index in [1.807, 2.05) is 81.4 Å². The van der Waals surface area contributed by atoms with Gasteiger partial charge in [0.05, 0.1) is 30.5 Å². The van der Waals surface area contributed by atoms with Crippen molar-refractivity contribution in [3.63, 3.8) is 0 Å². The lowest BCUT2D eigenvalue weighted by molar-refractivity contribution is -0.151. The van der Waals surface area contributed by atoms with Gasteiger partial charge in [0.2, 0.25) is 11.8 Å². The van der Waals surface area contributed by atoms with Gasteiger partial charge in [0.1, 0.15) is 6.61 Å². The zero-order valence-electron chi connectivity index (χ0n) is 25.3. The van der Waals surface area contributed by atoms with Crippen molar-refractivity contribution in [2.24, 2.45) is 17.3 Å². The molecule has 2 amide bonds. The maximum Gasteiger partial charge on any atom is 0.309 e. The van der Waals surface area contributed by atoms with E-state index in [1.54, 1.807) is 4.90 Å². The zero-order chi connectivity index (χ0) is 30.1. The molecule has 0 saturated carbocycles. The van der Waals surface area contributed by atoms with Gasteiger partial charge in [0.15, 0.2) is 0 Å². The molecule has 0 bridgehead atoms. The minimum Gasteiger partial charge on any atom is -0.463 e. The Morgan fingerprint density at radius 2 is 1.71 bits per heavy atom. The van der Waals surface area contributed by atoms with Gasteiger partial charge in [0, 0.05) is 13.0 Å². The Kier molecular flexibility index (Phi) is 11.0. The number of fused-ring (bicyclic) bond motifs is 1. The summed E-state index contributed by atoms with van der Waals surface area (Å²) in [4.78, 5) is 42.3. The predicted octanol–water partition coefficient (Wildman–Crippen LogP) is 5.00. The van der Waals surface area contributed by atoms with Crippen molar-refractivity contribution in [2.75, 3.05) is 13.2 Å². The number of ether oxygens (including phenoxy) is 1. The van der Waals surface area contributed by atoms with E-state index >= 15 is 0 Å². The number of hydrogen-bond acceptors (Lipinski definition) is 5. The minimum absolute atomic E-state index is 0.0463. The monoisotopic (exact) mass is 574 g/mol. The number of rotatable bonds is 5. The molecule has 7 nitrogen and oxygen atoms in total. The molecular formula is C35H46N2O5. The molecule has 42 heavy (non-hydrogen) atoms. The maximum absolute atomic E-state index is 13.7. The molecule has 7 heteroatoms. The number of hydrogen-bond donors (Lipinski definition) is 2. The Morgan fingerprint density at radius 1 is 1.00 bits per heavy atom. The van der Waals surface area contributed by atoms with E-state index in [1.165, 1.54) is 0 Å². The van der Waals surface area contributed by atoms with Crippen molar-refractivity contribution in [3.05, 3.63) is 83.4 Å². The van der Waals surface area contributed by atoms with Crippen LogP contribution in [0.25, 0.3) is 0 Å². The highest BCUT2D eigenvalue weighted by Crippen LogP contribution is 2.27. The summed E-state index contributed by atoms with van der Waals surface area (Å²) in [6.07, 6.45) is 8.07. The molecule has 0 fully saturated rings. The molecule has 2 aromatic carbocycles. The third-order valence-electron chi connectivity index (χ3n) is 8.60. The number of carbonyl (C=O) groups excluding carboxylic acids is 3. The summed E-state index contributed by atoms with van der Waals surface area (Å²) in [5.74, 6) is -1.42. The van der Waals surface area contributed by atoms with Gasteiger partial charge in [-0.2, -0.15) is 0 Å². The van der Waals surface area contributed by atoms with Gasteiger partial charge >= 0.3 is 5.97 Å². The normalized spacial score (nSPS) is 24.2. The van der Waals surface area contributed by atoms with E-state index in [4.69, 9.17) is 4.74 Å². The number of esters is 1. The summed E-state index contributed by atoms with van der Waals surface area (Å²) in [5.41, 5.74) is 2.95. The van der Waals surface area contributed by atoms with Crippen LogP contribution in [0.15, 0.2) is 66.7 Å². The molecule has 4 atom stereocenters. The lowest BCUT2D eigenvalue weighted by Gasteiger charge is -2.37. The number of nitrogens with zero attached hydrogens (tertiary/aromatic N) is 1. The first kappa shape index (κ1) is 31.5. The number of allylic oxidation sites excluding steroid dienone is 2. The molecule has 2 heterocycles. The standard InChI is InChI=1S/C35H46N2O5/c1-35(2,3)31-24-42-34(41)28(19-25-13-7-6-8-14-25)17-10-5-4-9-16-27(33(40)36-31)21-32(39)37-22-29-18-12-11-15-26(29)20-30(37)23-38/h4,6-9,11-15,18,27-28,30-31,38H,5,10,16-17,19-24H2,1-3H3,(H,36,40). The van der Waals surface area contributed by atoms with E-state index in [0.29, 0.717) is 32.2 Å². The van der Waals surface area contributed by atoms with Crippen LogP contribution in [-0.2, 0) is 38.5 Å². The highest BCUT2D eigenvalue weighted by atomic mass is 16.5. The van der Waals surface area contributed by atoms with Crippen LogP contribution in [0.3, 0.4) is 0 Å². The maximum atomic E-state index is 13.7. The molecule has 2 aliphatic rings. The lowest BCUT2D eigenvalue weighted by atomic mass is 9.86. The van der Waals surface area contributed by atoms with Crippen LogP contribution < -0.4 is 5.32 Å². The highest BCUT2D eigenvalue weighted by Gasteiger charge is 2.35. The van der Waals surface area contributed by atoms with Crippen molar-refractivity contribution in [1.82, 2.24) is 10.2 Å². The smallest absolute Gasteiger partial charge is 0.309 e. The van der Waals surface area contributed by atoms with Gasteiger partial charge < -0.3 is 20.1 Å². The van der Waals surface area contributed by atoms with Crippen LogP contribution in [0, 0.1) is 17.3 Å². The molecule has 2 aliphatic heterocycles. The van der Waals surface area contributed by atoms with Crippen molar-refractivity contribution in [1.29, 1.82) is 0 Å². The topological polar surface area (TPSA) is 95.9 Å². The van der Waals surface area contributed by atoms with Crippen LogP contribution in [0.5, 0.6) is 0 Å². The first-order chi connectivity index (χ1) is 20.2. The third kappa shape index (κ3) is 8.54. The Hall–Kier alpha value is -3.45. The van der Waals surface area contributed by atoms with Crippen LogP contribution in [0.4, 0.5) is 0 Å². The van der Waals surface area contributed by atoms with E-state index in [9.17, 15) is 19.5 Å². The summed E-state index contributed by atoms with van der Waals surface area (Å²) in [5, 5.41) is 13.2. The average Bonchev–Trinajstić information content (AvgIpc) is 2.98. The minimum atomic E-state index is -0.570. The van der Waals surface area contributed by atoms with E-state index in [2.05, 4.69) is 11.4 Å². The lowest BCUT2D eigenvalue weighted by Crippen LogP contribution is -2.51. The first-order valence-electron chi connectivity index (χ1n) is 15.3. The molecule has 0 saturated heterocycles. The SMILES string of the molecule is CC(C)(C)C1COC(=O)C(Cc2ccccc2)CCCC=CCC(CC(=O)N2Cc3ccccc3CC2CO)C(=O)N1. The summed E-state index contributed by atoms with van der Waals surface area (Å²) >= 11 is 0. The quantitative estimate of drug-likeness (QED) is 0.387. The number of benzene rings is 2. The van der Waals surface area contributed by atoms with Crippen LogP contribution in [0.2, 0.25) is 0 Å². The van der Waals surface area contributed by atoms with Crippen molar-refractivity contribution in [3.8, 4) is 0 Å². The third-order valence-corrected chi connectivity index (χ3v) is 8.60. The largest absolute Gasteiger partial charge is 0.463 e. The molecular weight excluding hydrogens is 528 g/mol. The number of aliphatic hydroxyl groups is 1. The van der Waals surface area contributed by atoms with Gasteiger partial charge in [-0.05, 0) is 60.6 Å². The fourth-order valence-corrected chi connectivity index (χ4v) is 5.80. The molecule has 2 N–H and O–H groups in total. The van der Waals surface area contributed by atoms with E-state index in [0.717, 1.165) is 29.5 Å². The second kappa shape index (κ2) is 14.6. The number of amides is 2. The summed E-state index contributed by atoms with van der Waals surface area (Å²) in [7, 11) is 0. The Bertz CT molecular complexity index is 1240. The first-order valence-corrected chi connectivity index (χ1v) is 15.3. The van der Waals surface area contributed by atoms with Crippen molar-refractivity contribution >= 4 is 17.8 Å². The Balaban J connectivity index is 1.49. The Morgan fingerprint density at radius 3 is 2.43 bits per heavy atom. The summed E-state index contributed by atoms with van der Waals surface area (Å²) in [6.45, 7) is 6.40. The van der Waals surface area contributed by atoms with Crippen LogP contribution >= 0.6 is 0 Å². The predicted molar refractivity (Wildman–Crippen MR) is 163 cm³/mol. The molecule has 0 aromatic heterocycles. The molecule has 4 unspecified atom stereocenters. The van der Waals surface area contributed by atoms with Gasteiger partial charge in [-0.1, -0.05) is 87.5 Å². The summed E-state index contributed by atoms with van der Waals surface area (Å²) < 4.78 is 5.86. The van der Waals surface area contributed by atoms with Gasteiger partial charge in [-0.3, -0.25) is 14.4 Å². The van der Waals surface area contributed by atoms with Gasteiger partial charge in [0.25, 0.3) is 0 Å². The second-order valence-electron chi connectivity index (χ2n) is 12.8. The second-order valence-corrected chi connectivity index (χ2v) is 12.8. The van der Waals surface area contributed by atoms with E-state index < -0.39 is 12.0 Å². The number of nitrogens with one attached hydrogen (secondary N) is 1. The highest BCUT2D eigenvalue weighted by molar-refractivity contribution is 5.86. The fourth-order valence-electron chi connectivity index (χ4n) is 5.80. The number of carbonyl (C=O) groups is 3. The molecule has 226 valence electrons. The molecule has 0 aliphatic carbocycles. The van der Waals surface area contributed by atoms with Crippen molar-refractivity contribution < 1.29 is 24.2 Å². The zero-order valence-corrected chi connectivity index (χ0v) is 25.3. The Labute approximate surface area is 250 Å². The summed E-state index contributed by atoms with van der Waals surface area (Å²) in [6, 6.07) is 17.3. The number of cyclic esters (lactones) is 1. The molecule has 0 radical (unpaired) electrons. The van der Waals surface area contributed by atoms with Crippen LogP contribution in [-0.4, -0.2) is 53.1 Å². The van der Waals surface area contributed by atoms with Crippen LogP contribution in [0.1, 0.15) is 69.6 Å². The fraction of sp³-hybridized carbons (Fsp3) is 0.514. The number of aliphatic hydroxyl groups excluding tert-OH is 1. The average molecular weight is 575 g/mol. The molecule has 0 spiro atoms. The molecule has 2 aromatic rings. The van der Waals surface area contributed by atoms with Gasteiger partial charge in [-0.25, -0.2) is 0 Å². The van der Waals surface area contributed by atoms with E-state index in [-0.39, 0.29) is 54.8 Å². The molecule has 4 rings (SSSR count).